The Balaban J connectivity index is 1.84. The number of methoxy groups -OCH3 is 1. The fourth-order valence-corrected chi connectivity index (χ4v) is 2.05. The molecule has 2 aromatic rings. The lowest BCUT2D eigenvalue weighted by molar-refractivity contribution is -0.123. The fourth-order valence-electron chi connectivity index (χ4n) is 2.05. The van der Waals surface area contributed by atoms with Gasteiger partial charge in [0.25, 0.3) is 0 Å². The van der Waals surface area contributed by atoms with Gasteiger partial charge < -0.3 is 15.4 Å². The molecule has 0 spiro atoms. The number of carbonyl (C=O) groups excluding carboxylic acids is 2. The van der Waals surface area contributed by atoms with Gasteiger partial charge in [0, 0.05) is 11.4 Å². The van der Waals surface area contributed by atoms with Crippen LogP contribution < -0.4 is 15.4 Å². The minimum absolute atomic E-state index is 0.235. The van der Waals surface area contributed by atoms with Crippen molar-refractivity contribution in [1.29, 1.82) is 0 Å². The molecule has 2 N–H and O–H groups in total. The number of hydrogen-bond donors (Lipinski definition) is 2. The number of anilines is 2. The Morgan fingerprint density at radius 1 is 0.870 bits per heavy atom. The second-order valence-electron chi connectivity index (χ2n) is 5.05. The summed E-state index contributed by atoms with van der Waals surface area (Å²) >= 11 is 0. The largest absolute Gasteiger partial charge is 0.497 e. The van der Waals surface area contributed by atoms with Gasteiger partial charge >= 0.3 is 0 Å². The molecule has 2 aromatic carbocycles. The van der Waals surface area contributed by atoms with E-state index < -0.39 is 0 Å². The lowest BCUT2D eigenvalue weighted by atomic mass is 10.1. The molecule has 2 rings (SSSR count). The van der Waals surface area contributed by atoms with Crippen LogP contribution in [0.2, 0.25) is 0 Å². The van der Waals surface area contributed by atoms with Crippen LogP contribution in [0.15, 0.2) is 48.5 Å². The van der Waals surface area contributed by atoms with Crippen molar-refractivity contribution in [3.8, 4) is 5.75 Å². The number of benzene rings is 2. The first-order valence-electron chi connectivity index (χ1n) is 7.43. The standard InChI is InChI=1S/C18H20N2O3/c1-3-13-4-6-14(7-5-13)19-17(21)12-18(22)20-15-8-10-16(23-2)11-9-15/h4-11H,3,12H2,1-2H3,(H,19,21)(H,20,22). The Hall–Kier alpha value is -2.82. The van der Waals surface area contributed by atoms with Gasteiger partial charge in [-0.1, -0.05) is 19.1 Å². The highest BCUT2D eigenvalue weighted by Gasteiger charge is 2.10. The second kappa shape index (κ2) is 7.98. The van der Waals surface area contributed by atoms with Crippen LogP contribution in [-0.4, -0.2) is 18.9 Å². The Morgan fingerprint density at radius 2 is 1.35 bits per heavy atom. The number of nitrogens with one attached hydrogen (secondary N) is 2. The Bertz CT molecular complexity index is 604. The molecule has 0 aromatic heterocycles. The Kier molecular flexibility index (Phi) is 5.74. The Labute approximate surface area is 135 Å². The first-order chi connectivity index (χ1) is 11.1. The molecule has 0 heterocycles. The van der Waals surface area contributed by atoms with Crippen molar-refractivity contribution in [2.45, 2.75) is 19.8 Å². The fraction of sp³-hybridized carbons (Fsp3) is 0.222. The third-order valence-electron chi connectivity index (χ3n) is 3.34. The zero-order chi connectivity index (χ0) is 16.7. The molecule has 0 saturated heterocycles. The maximum Gasteiger partial charge on any atom is 0.233 e. The summed E-state index contributed by atoms with van der Waals surface area (Å²) in [7, 11) is 1.57. The summed E-state index contributed by atoms with van der Waals surface area (Å²) in [6, 6.07) is 14.5. The maximum absolute atomic E-state index is 11.9. The first-order valence-corrected chi connectivity index (χ1v) is 7.43. The minimum atomic E-state index is -0.363. The highest BCUT2D eigenvalue weighted by molar-refractivity contribution is 6.08. The number of hydrogen-bond acceptors (Lipinski definition) is 3. The van der Waals surface area contributed by atoms with Gasteiger partial charge in [-0.3, -0.25) is 9.59 Å². The topological polar surface area (TPSA) is 67.4 Å². The molecule has 0 unspecified atom stereocenters. The van der Waals surface area contributed by atoms with E-state index in [1.54, 1.807) is 31.4 Å². The molecule has 0 saturated carbocycles. The Morgan fingerprint density at radius 3 is 1.78 bits per heavy atom. The highest BCUT2D eigenvalue weighted by atomic mass is 16.5. The zero-order valence-electron chi connectivity index (χ0n) is 13.3. The molecule has 2 amide bonds. The molecular formula is C18H20N2O3. The van der Waals surface area contributed by atoms with Gasteiger partial charge in [0.05, 0.1) is 7.11 Å². The van der Waals surface area contributed by atoms with E-state index in [4.69, 9.17) is 4.74 Å². The van der Waals surface area contributed by atoms with Gasteiger partial charge in [0.2, 0.25) is 11.8 Å². The normalized spacial score (nSPS) is 10.0. The highest BCUT2D eigenvalue weighted by Crippen LogP contribution is 2.15. The molecule has 0 atom stereocenters. The van der Waals surface area contributed by atoms with Crippen LogP contribution in [0.1, 0.15) is 18.9 Å². The summed E-state index contributed by atoms with van der Waals surface area (Å²) in [5, 5.41) is 5.38. The van der Waals surface area contributed by atoms with E-state index in [9.17, 15) is 9.59 Å². The molecule has 5 nitrogen and oxygen atoms in total. The third-order valence-corrected chi connectivity index (χ3v) is 3.34. The smallest absolute Gasteiger partial charge is 0.233 e. The van der Waals surface area contributed by atoms with Crippen LogP contribution >= 0.6 is 0 Å². The molecule has 5 heteroatoms. The first kappa shape index (κ1) is 16.5. The van der Waals surface area contributed by atoms with Gasteiger partial charge in [-0.2, -0.15) is 0 Å². The third kappa shape index (κ3) is 5.14. The number of carbonyl (C=O) groups is 2. The summed E-state index contributed by atoms with van der Waals surface area (Å²) in [5.41, 5.74) is 2.50. The summed E-state index contributed by atoms with van der Waals surface area (Å²) in [4.78, 5) is 23.7. The van der Waals surface area contributed by atoms with Crippen LogP contribution in [0.4, 0.5) is 11.4 Å². The molecule has 0 radical (unpaired) electrons. The lowest BCUT2D eigenvalue weighted by Gasteiger charge is -2.08. The monoisotopic (exact) mass is 312 g/mol. The van der Waals surface area contributed by atoms with Crippen LogP contribution in [0.25, 0.3) is 0 Å². The van der Waals surface area contributed by atoms with E-state index in [0.29, 0.717) is 17.1 Å². The van der Waals surface area contributed by atoms with Crippen LogP contribution in [-0.2, 0) is 16.0 Å². The van der Waals surface area contributed by atoms with E-state index >= 15 is 0 Å². The molecule has 0 fully saturated rings. The molecule has 0 bridgehead atoms. The van der Waals surface area contributed by atoms with E-state index in [-0.39, 0.29) is 18.2 Å². The molecular weight excluding hydrogens is 292 g/mol. The number of amides is 2. The summed E-state index contributed by atoms with van der Waals surface area (Å²) in [5.74, 6) is -0.00521. The number of rotatable bonds is 6. The van der Waals surface area contributed by atoms with E-state index in [1.165, 1.54) is 5.56 Å². The van der Waals surface area contributed by atoms with E-state index in [2.05, 4.69) is 17.6 Å². The van der Waals surface area contributed by atoms with Crippen LogP contribution in [0.5, 0.6) is 5.75 Å². The number of aryl methyl sites for hydroxylation is 1. The van der Waals surface area contributed by atoms with Crippen molar-refractivity contribution in [1.82, 2.24) is 0 Å². The summed E-state index contributed by atoms with van der Waals surface area (Å²) in [6.07, 6.45) is 0.708. The average Bonchev–Trinajstić information content (AvgIpc) is 2.56. The number of ether oxygens (including phenoxy) is 1. The zero-order valence-corrected chi connectivity index (χ0v) is 13.3. The van der Waals surface area contributed by atoms with Crippen LogP contribution in [0.3, 0.4) is 0 Å². The van der Waals surface area contributed by atoms with Crippen LogP contribution in [0, 0.1) is 0 Å². The predicted molar refractivity (Wildman–Crippen MR) is 90.7 cm³/mol. The van der Waals surface area contributed by atoms with Gasteiger partial charge in [-0.25, -0.2) is 0 Å². The van der Waals surface area contributed by atoms with Crippen molar-refractivity contribution < 1.29 is 14.3 Å². The van der Waals surface area contributed by atoms with E-state index in [0.717, 1.165) is 6.42 Å². The molecule has 0 aliphatic carbocycles. The molecule has 120 valence electrons. The maximum atomic E-state index is 11.9. The predicted octanol–water partition coefficient (Wildman–Crippen LogP) is 3.22. The van der Waals surface area contributed by atoms with E-state index in [1.807, 2.05) is 24.3 Å². The minimum Gasteiger partial charge on any atom is -0.497 e. The van der Waals surface area contributed by atoms with Crippen molar-refractivity contribution in [2.24, 2.45) is 0 Å². The molecule has 23 heavy (non-hydrogen) atoms. The molecule has 0 aliphatic heterocycles. The van der Waals surface area contributed by atoms with Gasteiger partial charge in [-0.15, -0.1) is 0 Å². The lowest BCUT2D eigenvalue weighted by Crippen LogP contribution is -2.21. The van der Waals surface area contributed by atoms with Gasteiger partial charge in [0.1, 0.15) is 12.2 Å². The van der Waals surface area contributed by atoms with Crippen molar-refractivity contribution in [3.05, 3.63) is 54.1 Å². The van der Waals surface area contributed by atoms with Crippen molar-refractivity contribution >= 4 is 23.2 Å². The van der Waals surface area contributed by atoms with Gasteiger partial charge in [-0.05, 0) is 48.4 Å². The second-order valence-corrected chi connectivity index (χ2v) is 5.05. The quantitative estimate of drug-likeness (QED) is 0.805. The van der Waals surface area contributed by atoms with Gasteiger partial charge in [0.15, 0.2) is 0 Å². The van der Waals surface area contributed by atoms with Crippen molar-refractivity contribution in [3.63, 3.8) is 0 Å². The average molecular weight is 312 g/mol. The SMILES string of the molecule is CCc1ccc(NC(=O)CC(=O)Nc2ccc(OC)cc2)cc1. The van der Waals surface area contributed by atoms with Crippen molar-refractivity contribution in [2.75, 3.05) is 17.7 Å². The summed E-state index contributed by atoms with van der Waals surface area (Å²) in [6.45, 7) is 2.07. The molecule has 0 aliphatic rings. The summed E-state index contributed by atoms with van der Waals surface area (Å²) < 4.78 is 5.04.